The molecule has 3 aliphatic heterocycles. The van der Waals surface area contributed by atoms with Crippen LogP contribution in [0.25, 0.3) is 0 Å². The van der Waals surface area contributed by atoms with Gasteiger partial charge in [0.25, 0.3) is 5.91 Å². The summed E-state index contributed by atoms with van der Waals surface area (Å²) in [6.45, 7) is 0.473. The minimum absolute atomic E-state index is 0.0737. The van der Waals surface area contributed by atoms with Crippen molar-refractivity contribution in [3.05, 3.63) is 83.4 Å². The van der Waals surface area contributed by atoms with Gasteiger partial charge in [-0.25, -0.2) is 0 Å². The summed E-state index contributed by atoms with van der Waals surface area (Å²) in [5.74, 6) is 1.42. The van der Waals surface area contributed by atoms with Crippen molar-refractivity contribution in [3.8, 4) is 17.2 Å². The van der Waals surface area contributed by atoms with Gasteiger partial charge in [-0.3, -0.25) is 9.59 Å². The molecule has 9 nitrogen and oxygen atoms in total. The van der Waals surface area contributed by atoms with E-state index < -0.39 is 6.10 Å². The molecule has 0 aliphatic carbocycles. The van der Waals surface area contributed by atoms with Crippen LogP contribution in [0.5, 0.6) is 17.2 Å². The summed E-state index contributed by atoms with van der Waals surface area (Å²) in [7, 11) is 0. The molecule has 2 amide bonds. The SMILES string of the molecule is O=C(C[C@@H]1C[C@@H]2c3cc(NC(=O)c4ccc5c(c4)OCO5)ccc3O[C@@H]2[C@H](CO)O1)NCCc1ccccc1. The van der Waals surface area contributed by atoms with Gasteiger partial charge in [-0.05, 0) is 54.8 Å². The first-order valence-electron chi connectivity index (χ1n) is 13.2. The normalized spacial score (nSPS) is 22.4. The molecule has 3 aromatic rings. The third kappa shape index (κ3) is 5.41. The molecule has 0 radical (unpaired) electrons. The molecule has 0 unspecified atom stereocenters. The summed E-state index contributed by atoms with van der Waals surface area (Å²) in [5, 5.41) is 15.9. The van der Waals surface area contributed by atoms with Gasteiger partial charge < -0.3 is 34.7 Å². The Morgan fingerprint density at radius 3 is 2.62 bits per heavy atom. The summed E-state index contributed by atoms with van der Waals surface area (Å²) in [5.41, 5.74) is 3.18. The van der Waals surface area contributed by atoms with Gasteiger partial charge >= 0.3 is 0 Å². The molecule has 9 heteroatoms. The van der Waals surface area contributed by atoms with Crippen LogP contribution in [0.3, 0.4) is 0 Å². The van der Waals surface area contributed by atoms with Crippen LogP contribution < -0.4 is 24.8 Å². The molecule has 0 spiro atoms. The average molecular weight is 531 g/mol. The second-order valence-electron chi connectivity index (χ2n) is 9.97. The zero-order valence-electron chi connectivity index (χ0n) is 21.3. The molecular weight excluding hydrogens is 500 g/mol. The van der Waals surface area contributed by atoms with Gasteiger partial charge in [-0.2, -0.15) is 0 Å². The van der Waals surface area contributed by atoms with Crippen molar-refractivity contribution in [2.75, 3.05) is 25.3 Å². The minimum Gasteiger partial charge on any atom is -0.487 e. The standard InChI is InChI=1S/C30H30N2O7/c33-16-27-29-23(14-21(38-27)15-28(34)31-11-10-18-4-2-1-3-5-18)22-13-20(7-9-24(22)39-29)32-30(35)19-6-8-25-26(12-19)37-17-36-25/h1-9,12-13,21,23,27,29,33H,10-11,14-17H2,(H,31,34)(H,32,35)/t21-,23+,27-,29-/m0/s1. The van der Waals surface area contributed by atoms with E-state index in [1.807, 2.05) is 42.5 Å². The van der Waals surface area contributed by atoms with Crippen LogP contribution in [0.15, 0.2) is 66.7 Å². The van der Waals surface area contributed by atoms with Crippen LogP contribution in [-0.4, -0.2) is 55.2 Å². The lowest BCUT2D eigenvalue weighted by molar-refractivity contribution is -0.142. The number of hydrogen-bond acceptors (Lipinski definition) is 7. The smallest absolute Gasteiger partial charge is 0.255 e. The first-order valence-corrected chi connectivity index (χ1v) is 13.2. The maximum atomic E-state index is 12.9. The van der Waals surface area contributed by atoms with E-state index in [0.29, 0.717) is 41.5 Å². The van der Waals surface area contributed by atoms with Crippen molar-refractivity contribution in [1.29, 1.82) is 0 Å². The second kappa shape index (κ2) is 11.0. The Kier molecular flexibility index (Phi) is 7.08. The zero-order valence-corrected chi connectivity index (χ0v) is 21.3. The van der Waals surface area contributed by atoms with Crippen molar-refractivity contribution >= 4 is 17.5 Å². The third-order valence-corrected chi connectivity index (χ3v) is 7.38. The number of anilines is 1. The van der Waals surface area contributed by atoms with Crippen LogP contribution in [0.2, 0.25) is 0 Å². The van der Waals surface area contributed by atoms with Gasteiger partial charge in [0.1, 0.15) is 18.0 Å². The number of benzene rings is 3. The first kappa shape index (κ1) is 25.2. The fourth-order valence-corrected chi connectivity index (χ4v) is 5.48. The number of aliphatic hydroxyl groups excluding tert-OH is 1. The van der Waals surface area contributed by atoms with E-state index in [4.69, 9.17) is 18.9 Å². The van der Waals surface area contributed by atoms with E-state index in [2.05, 4.69) is 10.6 Å². The van der Waals surface area contributed by atoms with Crippen LogP contribution in [-0.2, 0) is 16.0 Å². The number of carbonyl (C=O) groups excluding carboxylic acids is 2. The van der Waals surface area contributed by atoms with Crippen molar-refractivity contribution in [2.24, 2.45) is 0 Å². The lowest BCUT2D eigenvalue weighted by Gasteiger charge is -2.37. The van der Waals surface area contributed by atoms with Gasteiger partial charge in [0, 0.05) is 29.3 Å². The van der Waals surface area contributed by atoms with E-state index in [1.165, 1.54) is 0 Å². The van der Waals surface area contributed by atoms with E-state index in [1.54, 1.807) is 24.3 Å². The molecule has 6 rings (SSSR count). The molecule has 202 valence electrons. The molecular formula is C30H30N2O7. The highest BCUT2D eigenvalue weighted by Gasteiger charge is 2.46. The predicted octanol–water partition coefficient (Wildman–Crippen LogP) is 3.41. The average Bonchev–Trinajstić information content (AvgIpc) is 3.57. The van der Waals surface area contributed by atoms with Gasteiger partial charge in [-0.1, -0.05) is 30.3 Å². The molecule has 0 aromatic heterocycles. The topological polar surface area (TPSA) is 115 Å². The van der Waals surface area contributed by atoms with Gasteiger partial charge in [0.05, 0.1) is 19.1 Å². The largest absolute Gasteiger partial charge is 0.487 e. The Balaban J connectivity index is 1.10. The molecule has 0 saturated carbocycles. The molecule has 3 aliphatic rings. The fourth-order valence-electron chi connectivity index (χ4n) is 5.48. The number of nitrogens with one attached hydrogen (secondary N) is 2. The van der Waals surface area contributed by atoms with Crippen molar-refractivity contribution in [3.63, 3.8) is 0 Å². The monoisotopic (exact) mass is 530 g/mol. The van der Waals surface area contributed by atoms with E-state index in [9.17, 15) is 14.7 Å². The predicted molar refractivity (Wildman–Crippen MR) is 142 cm³/mol. The summed E-state index contributed by atoms with van der Waals surface area (Å²) in [4.78, 5) is 25.6. The Bertz CT molecular complexity index is 1360. The van der Waals surface area contributed by atoms with E-state index in [0.717, 1.165) is 17.5 Å². The van der Waals surface area contributed by atoms with Crippen molar-refractivity contribution in [1.82, 2.24) is 5.32 Å². The number of fused-ring (bicyclic) bond motifs is 4. The maximum Gasteiger partial charge on any atom is 0.255 e. The highest BCUT2D eigenvalue weighted by molar-refractivity contribution is 6.04. The Morgan fingerprint density at radius 2 is 1.77 bits per heavy atom. The molecule has 0 bridgehead atoms. The second-order valence-corrected chi connectivity index (χ2v) is 9.97. The fraction of sp³-hybridized carbons (Fsp3) is 0.333. The minimum atomic E-state index is -0.551. The van der Waals surface area contributed by atoms with Crippen LogP contribution in [0.4, 0.5) is 5.69 Å². The lowest BCUT2D eigenvalue weighted by Crippen LogP contribution is -2.47. The van der Waals surface area contributed by atoms with Crippen LogP contribution >= 0.6 is 0 Å². The highest BCUT2D eigenvalue weighted by Crippen LogP contribution is 2.47. The van der Waals surface area contributed by atoms with Gasteiger partial charge in [0.15, 0.2) is 11.5 Å². The summed E-state index contributed by atoms with van der Waals surface area (Å²) >= 11 is 0. The molecule has 3 heterocycles. The number of hydrogen-bond donors (Lipinski definition) is 3. The molecule has 39 heavy (non-hydrogen) atoms. The quantitative estimate of drug-likeness (QED) is 0.409. The third-order valence-electron chi connectivity index (χ3n) is 7.38. The summed E-state index contributed by atoms with van der Waals surface area (Å²) in [6.07, 6.45) is 0.252. The van der Waals surface area contributed by atoms with Crippen molar-refractivity contribution in [2.45, 2.75) is 43.5 Å². The van der Waals surface area contributed by atoms with E-state index in [-0.39, 0.29) is 49.8 Å². The van der Waals surface area contributed by atoms with Gasteiger partial charge in [-0.15, -0.1) is 0 Å². The molecule has 3 aromatic carbocycles. The molecule has 1 fully saturated rings. The summed E-state index contributed by atoms with van der Waals surface area (Å²) in [6, 6.07) is 20.6. The van der Waals surface area contributed by atoms with E-state index >= 15 is 0 Å². The number of carbonyl (C=O) groups is 2. The maximum absolute atomic E-state index is 12.9. The summed E-state index contributed by atoms with van der Waals surface area (Å²) < 4.78 is 22.9. The Morgan fingerprint density at radius 1 is 0.949 bits per heavy atom. The Labute approximate surface area is 226 Å². The van der Waals surface area contributed by atoms with Crippen LogP contribution in [0, 0.1) is 0 Å². The number of amides is 2. The molecule has 3 N–H and O–H groups in total. The number of rotatable bonds is 8. The first-order chi connectivity index (χ1) is 19.1. The van der Waals surface area contributed by atoms with Gasteiger partial charge in [0.2, 0.25) is 12.7 Å². The van der Waals surface area contributed by atoms with Crippen LogP contribution in [0.1, 0.15) is 40.2 Å². The number of ether oxygens (including phenoxy) is 4. The van der Waals surface area contributed by atoms with Crippen molar-refractivity contribution < 1.29 is 33.6 Å². The Hall–Kier alpha value is -4.08. The zero-order chi connectivity index (χ0) is 26.8. The molecule has 4 atom stereocenters. The highest BCUT2D eigenvalue weighted by atomic mass is 16.7. The molecule has 1 saturated heterocycles. The lowest BCUT2D eigenvalue weighted by atomic mass is 9.84. The number of aliphatic hydroxyl groups is 1.